The summed E-state index contributed by atoms with van der Waals surface area (Å²) in [5.74, 6) is 0. The highest BCUT2D eigenvalue weighted by molar-refractivity contribution is 7.23. The molecule has 0 atom stereocenters. The molecule has 0 amide bonds. The monoisotopic (exact) mass is 572 g/mol. The molecule has 0 saturated heterocycles. The number of benzene rings is 6. The second-order valence-electron chi connectivity index (χ2n) is 10.8. The quantitative estimate of drug-likeness (QED) is 0.215. The van der Waals surface area contributed by atoms with Crippen molar-refractivity contribution in [1.29, 1.82) is 0 Å². The molecule has 43 heavy (non-hydrogen) atoms. The first-order valence-electron chi connectivity index (χ1n) is 14.4. The van der Waals surface area contributed by atoms with Gasteiger partial charge in [-0.2, -0.15) is 0 Å². The van der Waals surface area contributed by atoms with E-state index in [1.165, 1.54) is 32.0 Å². The molecule has 206 valence electrons. The molecular formula is C39H28N2OS. The minimum absolute atomic E-state index is 0.677. The molecule has 4 heteroatoms. The van der Waals surface area contributed by atoms with E-state index in [1.54, 1.807) is 11.3 Å². The third-order valence-electron chi connectivity index (χ3n) is 8.15. The van der Waals surface area contributed by atoms with Crippen molar-refractivity contribution >= 4 is 76.6 Å². The van der Waals surface area contributed by atoms with Crippen LogP contribution in [0.5, 0.6) is 0 Å². The van der Waals surface area contributed by atoms with Gasteiger partial charge in [0, 0.05) is 44.3 Å². The lowest BCUT2D eigenvalue weighted by molar-refractivity contribution is 0.669. The Balaban J connectivity index is 1.19. The molecule has 2 N–H and O–H groups in total. The Bertz CT molecular complexity index is 2280. The zero-order chi connectivity index (χ0) is 28.8. The normalized spacial score (nSPS) is 11.8. The standard InChI is InChI=1S/C39H28N2OS/c40-39-33(35-23-28-11-4-5-12-29(28)24-38(35)43-39)14-8-22-41(30-18-16-27(17-19-30)26-9-2-1-3-10-26)31-20-21-37-34(25-31)32-13-6-7-15-36(32)42-37/h1-21,23-25H,22,40H2/b14-8-. The Morgan fingerprint density at radius 2 is 1.28 bits per heavy atom. The molecule has 0 bridgehead atoms. The van der Waals surface area contributed by atoms with Gasteiger partial charge in [-0.05, 0) is 70.4 Å². The van der Waals surface area contributed by atoms with Crippen molar-refractivity contribution in [1.82, 2.24) is 0 Å². The van der Waals surface area contributed by atoms with Crippen LogP contribution in [0.4, 0.5) is 16.4 Å². The second kappa shape index (κ2) is 10.5. The van der Waals surface area contributed by atoms with Crippen LogP contribution >= 0.6 is 11.3 Å². The predicted molar refractivity (Wildman–Crippen MR) is 185 cm³/mol. The SMILES string of the molecule is Nc1sc2cc3ccccc3cc2c1/C=C\CN(c1ccc(-c2ccccc2)cc1)c1ccc2oc3ccccc3c2c1. The van der Waals surface area contributed by atoms with E-state index in [1.807, 2.05) is 18.2 Å². The summed E-state index contributed by atoms with van der Waals surface area (Å²) in [6.07, 6.45) is 4.40. The Morgan fingerprint density at radius 3 is 2.12 bits per heavy atom. The molecule has 0 unspecified atom stereocenters. The van der Waals surface area contributed by atoms with Crippen LogP contribution in [0.1, 0.15) is 5.56 Å². The summed E-state index contributed by atoms with van der Waals surface area (Å²) in [6, 6.07) is 47.0. The van der Waals surface area contributed by atoms with E-state index in [9.17, 15) is 0 Å². The van der Waals surface area contributed by atoms with E-state index in [-0.39, 0.29) is 0 Å². The number of nitrogens with zero attached hydrogens (tertiary/aromatic N) is 1. The van der Waals surface area contributed by atoms with E-state index < -0.39 is 0 Å². The average Bonchev–Trinajstić information content (AvgIpc) is 3.58. The van der Waals surface area contributed by atoms with Crippen LogP contribution in [0.2, 0.25) is 0 Å². The molecule has 0 aliphatic carbocycles. The summed E-state index contributed by atoms with van der Waals surface area (Å²) in [5, 5.41) is 6.73. The second-order valence-corrected chi connectivity index (χ2v) is 11.9. The highest BCUT2D eigenvalue weighted by Gasteiger charge is 2.14. The lowest BCUT2D eigenvalue weighted by atomic mass is 10.0. The number of anilines is 3. The number of nitrogen functional groups attached to an aromatic ring is 1. The van der Waals surface area contributed by atoms with Crippen LogP contribution in [0.15, 0.2) is 144 Å². The molecule has 0 aliphatic heterocycles. The van der Waals surface area contributed by atoms with Crippen molar-refractivity contribution in [3.05, 3.63) is 145 Å². The lowest BCUT2D eigenvalue weighted by Crippen LogP contribution is -2.16. The van der Waals surface area contributed by atoms with Gasteiger partial charge >= 0.3 is 0 Å². The molecule has 2 aromatic heterocycles. The number of fused-ring (bicyclic) bond motifs is 5. The first kappa shape index (κ1) is 25.4. The van der Waals surface area contributed by atoms with Crippen LogP contribution in [0.25, 0.3) is 60.0 Å². The number of nitrogens with two attached hydrogens (primary N) is 1. The Hall–Kier alpha value is -5.32. The van der Waals surface area contributed by atoms with Gasteiger partial charge in [0.1, 0.15) is 11.2 Å². The van der Waals surface area contributed by atoms with Crippen molar-refractivity contribution in [3.63, 3.8) is 0 Å². The van der Waals surface area contributed by atoms with Gasteiger partial charge in [0.2, 0.25) is 0 Å². The zero-order valence-electron chi connectivity index (χ0n) is 23.4. The van der Waals surface area contributed by atoms with Crippen molar-refractivity contribution in [2.45, 2.75) is 0 Å². The van der Waals surface area contributed by atoms with Crippen molar-refractivity contribution < 1.29 is 4.42 Å². The Labute approximate surface area is 253 Å². The van der Waals surface area contributed by atoms with Gasteiger partial charge in [-0.25, -0.2) is 0 Å². The summed E-state index contributed by atoms with van der Waals surface area (Å²) in [5.41, 5.74) is 14.1. The number of hydrogen-bond acceptors (Lipinski definition) is 4. The first-order valence-corrected chi connectivity index (χ1v) is 15.2. The molecule has 0 aliphatic rings. The summed E-state index contributed by atoms with van der Waals surface area (Å²) in [7, 11) is 0. The molecule has 0 radical (unpaired) electrons. The number of furan rings is 1. The smallest absolute Gasteiger partial charge is 0.135 e. The van der Waals surface area contributed by atoms with Crippen molar-refractivity contribution in [3.8, 4) is 11.1 Å². The first-order chi connectivity index (χ1) is 21.2. The molecule has 3 nitrogen and oxygen atoms in total. The van der Waals surface area contributed by atoms with Crippen molar-refractivity contribution in [2.24, 2.45) is 0 Å². The highest BCUT2D eigenvalue weighted by atomic mass is 32.1. The van der Waals surface area contributed by atoms with Gasteiger partial charge < -0.3 is 15.1 Å². The van der Waals surface area contributed by atoms with E-state index >= 15 is 0 Å². The molecule has 8 aromatic rings. The number of thiophene rings is 1. The zero-order valence-corrected chi connectivity index (χ0v) is 24.2. The third-order valence-corrected chi connectivity index (χ3v) is 9.15. The average molecular weight is 573 g/mol. The lowest BCUT2D eigenvalue weighted by Gasteiger charge is -2.24. The van der Waals surface area contributed by atoms with Crippen molar-refractivity contribution in [2.75, 3.05) is 17.2 Å². The van der Waals surface area contributed by atoms with Gasteiger partial charge in [0.15, 0.2) is 0 Å². The Morgan fingerprint density at radius 1 is 0.605 bits per heavy atom. The molecule has 2 heterocycles. The van der Waals surface area contributed by atoms with Gasteiger partial charge in [0.25, 0.3) is 0 Å². The van der Waals surface area contributed by atoms with Crippen LogP contribution in [-0.4, -0.2) is 6.54 Å². The summed E-state index contributed by atoms with van der Waals surface area (Å²) in [4.78, 5) is 2.34. The maximum absolute atomic E-state index is 6.57. The minimum atomic E-state index is 0.677. The fourth-order valence-electron chi connectivity index (χ4n) is 5.97. The third kappa shape index (κ3) is 4.62. The van der Waals surface area contributed by atoms with E-state index in [2.05, 4.69) is 132 Å². The van der Waals surface area contributed by atoms with Crippen LogP contribution < -0.4 is 10.6 Å². The van der Waals surface area contributed by atoms with Gasteiger partial charge in [-0.1, -0.05) is 97.1 Å². The summed E-state index contributed by atoms with van der Waals surface area (Å²) in [6.45, 7) is 0.677. The number of hydrogen-bond donors (Lipinski definition) is 1. The highest BCUT2D eigenvalue weighted by Crippen LogP contribution is 2.38. The largest absolute Gasteiger partial charge is 0.456 e. The maximum atomic E-state index is 6.57. The molecular weight excluding hydrogens is 545 g/mol. The fraction of sp³-hybridized carbons (Fsp3) is 0.0256. The molecule has 8 rings (SSSR count). The van der Waals surface area contributed by atoms with E-state index in [0.29, 0.717) is 6.54 Å². The van der Waals surface area contributed by atoms with Gasteiger partial charge in [-0.3, -0.25) is 0 Å². The van der Waals surface area contributed by atoms with Crippen LogP contribution in [0.3, 0.4) is 0 Å². The molecule has 0 fully saturated rings. The summed E-state index contributed by atoms with van der Waals surface area (Å²) >= 11 is 1.65. The topological polar surface area (TPSA) is 42.4 Å². The molecule has 6 aromatic carbocycles. The Kier molecular flexibility index (Phi) is 6.20. The number of para-hydroxylation sites is 1. The fourth-order valence-corrected chi connectivity index (χ4v) is 6.96. The van der Waals surface area contributed by atoms with Gasteiger partial charge in [0.05, 0.1) is 5.00 Å². The number of rotatable bonds is 6. The van der Waals surface area contributed by atoms with E-state index in [4.69, 9.17) is 10.2 Å². The summed E-state index contributed by atoms with van der Waals surface area (Å²) < 4.78 is 7.34. The predicted octanol–water partition coefficient (Wildman–Crippen LogP) is 11.1. The van der Waals surface area contributed by atoms with Crippen LogP contribution in [-0.2, 0) is 0 Å². The molecule has 0 spiro atoms. The maximum Gasteiger partial charge on any atom is 0.135 e. The van der Waals surface area contributed by atoms with Gasteiger partial charge in [-0.15, -0.1) is 11.3 Å². The molecule has 0 saturated carbocycles. The van der Waals surface area contributed by atoms with E-state index in [0.717, 1.165) is 43.9 Å². The minimum Gasteiger partial charge on any atom is -0.456 e. The van der Waals surface area contributed by atoms with Crippen LogP contribution in [0, 0.1) is 0 Å².